The number of rotatable bonds is 8. The van der Waals surface area contributed by atoms with Crippen molar-refractivity contribution in [3.8, 4) is 34.9 Å². The largest absolute Gasteiger partial charge is 0.0622 e. The van der Waals surface area contributed by atoms with Gasteiger partial charge in [-0.1, -0.05) is 227 Å². The molecule has 0 heterocycles. The van der Waals surface area contributed by atoms with Crippen molar-refractivity contribution in [2.24, 2.45) is 0 Å². The Morgan fingerprint density at radius 1 is 0.440 bits per heavy atom. The first-order valence-electron chi connectivity index (χ1n) is 25.1. The Morgan fingerprint density at radius 3 is 0.929 bits per heavy atom. The van der Waals surface area contributed by atoms with Crippen LogP contribution in [0.3, 0.4) is 0 Å². The van der Waals surface area contributed by atoms with Gasteiger partial charge in [-0.05, 0) is 132 Å². The van der Waals surface area contributed by atoms with E-state index >= 15 is 0 Å². The maximum atomic E-state index is 5.21. The summed E-state index contributed by atoms with van der Waals surface area (Å²) in [5, 5.41) is 8.39. The normalized spacial score (nSPS) is 9.79. The van der Waals surface area contributed by atoms with Crippen molar-refractivity contribution in [1.82, 2.24) is 0 Å². The minimum absolute atomic E-state index is 0.106. The molecule has 0 amide bonds. The second kappa shape index (κ2) is 48.3. The van der Waals surface area contributed by atoms with Crippen LogP contribution in [0.4, 0.5) is 0 Å². The number of hydrogen-bond donors (Lipinski definition) is 0. The Morgan fingerprint density at radius 2 is 0.702 bits per heavy atom. The molecule has 0 N–H and O–H groups in total. The van der Waals surface area contributed by atoms with E-state index in [1.54, 1.807) is 85.3 Å². The van der Waals surface area contributed by atoms with Gasteiger partial charge in [0.1, 0.15) is 27.6 Å². The van der Waals surface area contributed by atoms with Gasteiger partial charge in [-0.3, -0.25) is 0 Å². The van der Waals surface area contributed by atoms with Crippen LogP contribution in [0.25, 0.3) is 0 Å². The molecule has 0 spiro atoms. The van der Waals surface area contributed by atoms with Crippen LogP contribution in [0, 0.1) is 40.8 Å². The zero-order valence-electron chi connectivity index (χ0n) is 47.9. The molecule has 0 radical (unpaired) electrons. The van der Waals surface area contributed by atoms with Crippen LogP contribution in [-0.2, 0) is 127 Å². The van der Waals surface area contributed by atoms with Crippen molar-refractivity contribution < 1.29 is 25.4 Å². The molecule has 0 fully saturated rings. The molecule has 2 nitrogen and oxygen atoms in total. The molecule has 0 saturated heterocycles. The molecule has 8 aromatic carbocycles. The summed E-state index contributed by atoms with van der Waals surface area (Å²) in [6.45, 7) is 17.3. The fraction of sp³-hybridized carbons (Fsp3) is 0.161. The van der Waals surface area contributed by atoms with Crippen molar-refractivity contribution >= 4 is 217 Å². The number of terminal acetylenes is 1. The summed E-state index contributed by atoms with van der Waals surface area (Å²) in [7, 11) is 26.0. The van der Waals surface area contributed by atoms with E-state index in [0.29, 0.717) is 0 Å². The molecule has 8 rings (SSSR count). The van der Waals surface area contributed by atoms with E-state index < -0.39 is 32.0 Å². The summed E-state index contributed by atoms with van der Waals surface area (Å²) in [5.41, 5.74) is 9.50. The Bertz CT molecular complexity index is 3390. The number of methoxy groups -OCH3 is 2. The molecular weight excluding hydrogens is 1580 g/mol. The van der Waals surface area contributed by atoms with E-state index in [2.05, 4.69) is 295 Å². The second-order valence-corrected chi connectivity index (χ2v) is 53.9. The molecule has 0 aliphatic carbocycles. The number of hydrogen-bond acceptors (Lipinski definition) is 4. The van der Waals surface area contributed by atoms with E-state index in [0.717, 1.165) is 22.6 Å². The third kappa shape index (κ3) is 36.1. The van der Waals surface area contributed by atoms with Crippen LogP contribution in [0.5, 0.6) is 11.5 Å². The fourth-order valence-electron chi connectivity index (χ4n) is 6.51. The smallest absolute Gasteiger partial charge is 0.0134 e. The number of ether oxygens (including phenoxy) is 2. The van der Waals surface area contributed by atoms with Gasteiger partial charge in [0, 0.05) is 120 Å². The van der Waals surface area contributed by atoms with Crippen molar-refractivity contribution in [1.29, 1.82) is 0 Å². The van der Waals surface area contributed by atoms with Gasteiger partial charge in [-0.25, -0.2) is 0 Å². The van der Waals surface area contributed by atoms with Gasteiger partial charge in [0.2, 0.25) is 0 Å². The first kappa shape index (κ1) is 78.5. The molecule has 0 unspecified atom stereocenters. The van der Waals surface area contributed by atoms with Crippen LogP contribution >= 0.6 is 57.5 Å². The quantitative estimate of drug-likeness (QED) is 0.0653. The summed E-state index contributed by atoms with van der Waals surface area (Å²) in [6, 6.07) is 76.8. The van der Waals surface area contributed by atoms with E-state index in [1.807, 2.05) is 38.1 Å². The number of halogens is 3. The van der Waals surface area contributed by atoms with Gasteiger partial charge in [-0.15, -0.1) is 17.5 Å². The average Bonchev–Trinajstić information content (AvgIpc) is 3.70. The van der Waals surface area contributed by atoms with Gasteiger partial charge >= 0.3 is 35.0 Å². The van der Waals surface area contributed by atoms with Crippen molar-refractivity contribution in [3.05, 3.63) is 239 Å². The zero-order valence-corrected chi connectivity index (χ0v) is 66.7. The van der Waals surface area contributed by atoms with E-state index in [1.165, 1.54) is 58.7 Å². The second-order valence-electron chi connectivity index (χ2n) is 18.6. The minimum atomic E-state index is -1.27. The summed E-state index contributed by atoms with van der Waals surface area (Å²) in [5.74, 6) is 5.12. The van der Waals surface area contributed by atoms with Crippen LogP contribution < -0.4 is 41.3 Å². The maximum absolute atomic E-state index is 5.21. The molecule has 0 saturated carbocycles. The third-order valence-corrected chi connectivity index (χ3v) is 37.4. The molecule has 22 heteroatoms. The van der Waals surface area contributed by atoms with Crippen LogP contribution in [0.2, 0.25) is 39.3 Å². The van der Waals surface area contributed by atoms with Crippen LogP contribution in [0.1, 0.15) is 16.7 Å². The van der Waals surface area contributed by atoms with Gasteiger partial charge in [0.15, 0.2) is 0 Å². The molecule has 84 heavy (non-hydrogen) atoms. The first-order valence-corrected chi connectivity index (χ1v) is 54.5. The Hall–Kier alpha value is -1.61. The Balaban J connectivity index is 0.000000351. The third-order valence-electron chi connectivity index (χ3n) is 10.1. The van der Waals surface area contributed by atoms with Crippen molar-refractivity contribution in [3.63, 3.8) is 0 Å². The average molecular weight is 1650 g/mol. The Kier molecular flexibility index (Phi) is 45.1. The molecule has 0 aliphatic rings. The fourth-order valence-corrected chi connectivity index (χ4v) is 34.2. The summed E-state index contributed by atoms with van der Waals surface area (Å²) in [6.07, 6.45) is 5.12. The SMILES string of the molecule is C#C[Si](C)(C)C.COc1ccc(C#C[Si](C)(C)C)cc1C.COc1ccc(I)cc1C.S=S=S=S=S=S=S=S=S=S=S=S.[Cl][Pd][Cl].c1ccc(P(c2ccccc2)c2ccccc2)cc1.c1ccc(P(c2ccccc2)c2ccccc2)cc1. The van der Waals surface area contributed by atoms with Gasteiger partial charge in [-0.2, -0.15) is 0 Å². The van der Waals surface area contributed by atoms with Gasteiger partial charge < -0.3 is 9.47 Å². The predicted octanol–water partition coefficient (Wildman–Crippen LogP) is 15.6. The topological polar surface area (TPSA) is 18.5 Å². The van der Waals surface area contributed by atoms with E-state index in [-0.39, 0.29) is 15.9 Å². The summed E-state index contributed by atoms with van der Waals surface area (Å²) >= 11 is 11.6. The standard InChI is InChI=1S/2C18H15P.C13H18OSi.C8H9IO.C5H10Si.2ClH.Pd.S12/c2*1-4-10-16(11-5-1)19(17-12-6-2-7-13-17)18-14-8-3-9-15-18;1-11-10-12(6-7-13(11)14-2)8-9-15(3,4)5;1-6-5-7(9)3-4-8(6)10-2;1-5-6(2,3)4;;;;1-3-5-7-9-11-12-10-8-6-4-2/h2*1-15H;6-7,10H,1-5H3;3-5H,1-2H3;1H,2-4H3;2*1H;;/q;;;;;;;+2;/p-2. The summed E-state index contributed by atoms with van der Waals surface area (Å²) < 4.78 is 11.5. The first-order chi connectivity index (χ1) is 40.4. The van der Waals surface area contributed by atoms with Crippen molar-refractivity contribution in [2.75, 3.05) is 14.2 Å². The summed E-state index contributed by atoms with van der Waals surface area (Å²) in [4.78, 5) is 0. The van der Waals surface area contributed by atoms with Crippen LogP contribution in [-0.4, -0.2) is 30.4 Å². The molecule has 0 aromatic heterocycles. The molecule has 448 valence electrons. The van der Waals surface area contributed by atoms with E-state index in [9.17, 15) is 0 Å². The molecule has 0 aliphatic heterocycles. The molecule has 0 atom stereocenters. The predicted molar refractivity (Wildman–Crippen MR) is 421 cm³/mol. The Labute approximate surface area is 575 Å². The van der Waals surface area contributed by atoms with E-state index in [4.69, 9.17) is 35.0 Å². The monoisotopic (exact) mass is 1650 g/mol. The van der Waals surface area contributed by atoms with Gasteiger partial charge in [0.05, 0.1) is 14.2 Å². The molecular formula is C62H67Cl2IO2P2PdS12Si2. The van der Waals surface area contributed by atoms with Gasteiger partial charge in [0.25, 0.3) is 0 Å². The van der Waals surface area contributed by atoms with Crippen LogP contribution in [0.15, 0.2) is 218 Å². The minimum Gasteiger partial charge on any atom is -0.0622 e. The number of aryl methyl sites for hydroxylation is 2. The zero-order chi connectivity index (χ0) is 61.9. The maximum Gasteiger partial charge on any atom is -0.0134 e. The molecule has 8 aromatic rings. The number of benzene rings is 8. The molecule has 0 bridgehead atoms. The van der Waals surface area contributed by atoms with Crippen molar-refractivity contribution in [2.45, 2.75) is 53.1 Å².